The number of hydrogen-bond acceptors (Lipinski definition) is 2. The van der Waals surface area contributed by atoms with E-state index in [-0.39, 0.29) is 16.9 Å². The molecule has 2 aliphatic rings. The normalized spacial score (nSPS) is 42.0. The zero-order valence-electron chi connectivity index (χ0n) is 11.5. The summed E-state index contributed by atoms with van der Waals surface area (Å²) in [5.41, 5.74) is 0.0769. The quantitative estimate of drug-likeness (QED) is 0.665. The van der Waals surface area contributed by atoms with Gasteiger partial charge in [-0.1, -0.05) is 34.1 Å². The maximum Gasteiger partial charge on any atom is 0.185 e. The zero-order valence-corrected chi connectivity index (χ0v) is 12.2. The van der Waals surface area contributed by atoms with Crippen LogP contribution in [-0.2, 0) is 9.47 Å². The first-order valence-electron chi connectivity index (χ1n) is 6.83. The van der Waals surface area contributed by atoms with E-state index in [2.05, 4.69) is 27.7 Å². The van der Waals surface area contributed by atoms with Gasteiger partial charge >= 0.3 is 0 Å². The Hall–Kier alpha value is 0.210. The molecule has 0 aromatic rings. The van der Waals surface area contributed by atoms with Gasteiger partial charge in [-0.3, -0.25) is 0 Å². The lowest BCUT2D eigenvalue weighted by Crippen LogP contribution is -2.59. The van der Waals surface area contributed by atoms with Crippen LogP contribution >= 0.6 is 11.6 Å². The average Bonchev–Trinajstić information content (AvgIpc) is 2.25. The van der Waals surface area contributed by atoms with Gasteiger partial charge in [-0.15, -0.1) is 11.6 Å². The van der Waals surface area contributed by atoms with E-state index in [1.807, 2.05) is 0 Å². The van der Waals surface area contributed by atoms with Crippen LogP contribution in [0.1, 0.15) is 53.4 Å². The summed E-state index contributed by atoms with van der Waals surface area (Å²) in [5, 5.41) is 0.00796. The third kappa shape index (κ3) is 2.50. The van der Waals surface area contributed by atoms with E-state index in [0.29, 0.717) is 5.92 Å². The first kappa shape index (κ1) is 13.6. The zero-order chi connectivity index (χ0) is 12.7. The fraction of sp³-hybridized carbons (Fsp3) is 1.00. The van der Waals surface area contributed by atoms with Crippen molar-refractivity contribution in [2.75, 3.05) is 6.61 Å². The van der Waals surface area contributed by atoms with Gasteiger partial charge in [0, 0.05) is 11.8 Å². The van der Waals surface area contributed by atoms with Crippen molar-refractivity contribution in [1.82, 2.24) is 0 Å². The van der Waals surface area contributed by atoms with Gasteiger partial charge in [0.05, 0.1) is 18.1 Å². The first-order chi connectivity index (χ1) is 7.87. The van der Waals surface area contributed by atoms with Crippen molar-refractivity contribution in [3.05, 3.63) is 0 Å². The molecule has 3 atom stereocenters. The van der Waals surface area contributed by atoms with Crippen LogP contribution in [0.25, 0.3) is 0 Å². The SMILES string of the molecule is CC(C)C1OC2(CCCCC2Cl)OCC1(C)C. The summed E-state index contributed by atoms with van der Waals surface area (Å²) < 4.78 is 12.4. The standard InChI is InChI=1S/C14H25ClO2/c1-10(2)12-13(3,4)9-16-14(17-12)8-6-5-7-11(14)15/h10-12H,5-9H2,1-4H3. The van der Waals surface area contributed by atoms with Crippen LogP contribution in [0, 0.1) is 11.3 Å². The molecule has 0 radical (unpaired) electrons. The van der Waals surface area contributed by atoms with Gasteiger partial charge < -0.3 is 9.47 Å². The highest BCUT2D eigenvalue weighted by molar-refractivity contribution is 6.21. The summed E-state index contributed by atoms with van der Waals surface area (Å²) in [6.07, 6.45) is 4.54. The van der Waals surface area contributed by atoms with Gasteiger partial charge in [-0.2, -0.15) is 0 Å². The fourth-order valence-corrected chi connectivity index (χ4v) is 3.58. The van der Waals surface area contributed by atoms with Crippen LogP contribution in [0.4, 0.5) is 0 Å². The predicted octanol–water partition coefficient (Wildman–Crippen LogP) is 3.96. The maximum atomic E-state index is 6.47. The van der Waals surface area contributed by atoms with Crippen LogP contribution in [0.3, 0.4) is 0 Å². The van der Waals surface area contributed by atoms with E-state index in [1.165, 1.54) is 6.42 Å². The second kappa shape index (κ2) is 4.71. The van der Waals surface area contributed by atoms with Crippen molar-refractivity contribution in [2.45, 2.75) is 70.6 Å². The molecule has 3 heteroatoms. The third-order valence-corrected chi connectivity index (χ3v) is 4.65. The lowest BCUT2D eigenvalue weighted by molar-refractivity contribution is -0.343. The second-order valence-electron chi connectivity index (χ2n) is 6.58. The summed E-state index contributed by atoms with van der Waals surface area (Å²) in [7, 11) is 0. The Morgan fingerprint density at radius 3 is 2.53 bits per heavy atom. The third-order valence-electron chi connectivity index (χ3n) is 4.10. The van der Waals surface area contributed by atoms with Crippen molar-refractivity contribution in [1.29, 1.82) is 0 Å². The summed E-state index contributed by atoms with van der Waals surface area (Å²) in [5.74, 6) is -0.0128. The minimum Gasteiger partial charge on any atom is -0.348 e. The van der Waals surface area contributed by atoms with Gasteiger partial charge in [-0.25, -0.2) is 0 Å². The van der Waals surface area contributed by atoms with Gasteiger partial charge in [0.2, 0.25) is 0 Å². The van der Waals surface area contributed by atoms with Crippen molar-refractivity contribution in [2.24, 2.45) is 11.3 Å². The maximum absolute atomic E-state index is 6.47. The largest absolute Gasteiger partial charge is 0.348 e. The Bertz CT molecular complexity index is 277. The van der Waals surface area contributed by atoms with Gasteiger partial charge in [0.15, 0.2) is 5.79 Å². The lowest BCUT2D eigenvalue weighted by Gasteiger charge is -2.53. The molecule has 1 spiro atoms. The molecule has 0 bridgehead atoms. The van der Waals surface area contributed by atoms with Crippen molar-refractivity contribution in [3.8, 4) is 0 Å². The van der Waals surface area contributed by atoms with Crippen LogP contribution in [-0.4, -0.2) is 23.9 Å². The highest BCUT2D eigenvalue weighted by atomic mass is 35.5. The molecular formula is C14H25ClO2. The summed E-state index contributed by atoms with van der Waals surface area (Å²) >= 11 is 6.47. The molecule has 0 aromatic heterocycles. The molecule has 1 aliphatic heterocycles. The topological polar surface area (TPSA) is 18.5 Å². The molecule has 100 valence electrons. The van der Waals surface area contributed by atoms with E-state index < -0.39 is 5.79 Å². The minimum atomic E-state index is -0.510. The molecule has 2 nitrogen and oxygen atoms in total. The van der Waals surface area contributed by atoms with E-state index in [4.69, 9.17) is 21.1 Å². The smallest absolute Gasteiger partial charge is 0.185 e. The minimum absolute atomic E-state index is 0.00796. The van der Waals surface area contributed by atoms with Crippen LogP contribution in [0.15, 0.2) is 0 Å². The molecule has 1 saturated carbocycles. The molecule has 17 heavy (non-hydrogen) atoms. The highest BCUT2D eigenvalue weighted by Gasteiger charge is 2.51. The van der Waals surface area contributed by atoms with Crippen LogP contribution in [0.5, 0.6) is 0 Å². The molecule has 0 amide bonds. The molecule has 0 aromatic carbocycles. The molecule has 1 aliphatic carbocycles. The fourth-order valence-electron chi connectivity index (χ4n) is 3.20. The average molecular weight is 261 g/mol. The monoisotopic (exact) mass is 260 g/mol. The molecule has 2 fully saturated rings. The van der Waals surface area contributed by atoms with E-state index in [9.17, 15) is 0 Å². The number of hydrogen-bond donors (Lipinski definition) is 0. The predicted molar refractivity (Wildman–Crippen MR) is 70.3 cm³/mol. The Kier molecular flexibility index (Phi) is 3.78. The van der Waals surface area contributed by atoms with Gasteiger partial charge in [-0.05, 0) is 18.8 Å². The number of alkyl halides is 1. The first-order valence-corrected chi connectivity index (χ1v) is 7.27. The van der Waals surface area contributed by atoms with Crippen molar-refractivity contribution >= 4 is 11.6 Å². The number of ether oxygens (including phenoxy) is 2. The summed E-state index contributed by atoms with van der Waals surface area (Å²) in [6.45, 7) is 9.63. The van der Waals surface area contributed by atoms with Crippen LogP contribution < -0.4 is 0 Å². The Labute approximate surface area is 110 Å². The second-order valence-corrected chi connectivity index (χ2v) is 7.11. The van der Waals surface area contributed by atoms with Crippen LogP contribution in [0.2, 0.25) is 0 Å². The molecule has 0 N–H and O–H groups in total. The van der Waals surface area contributed by atoms with E-state index in [0.717, 1.165) is 25.9 Å². The highest BCUT2D eigenvalue weighted by Crippen LogP contribution is 2.46. The Morgan fingerprint density at radius 2 is 1.94 bits per heavy atom. The Morgan fingerprint density at radius 1 is 1.24 bits per heavy atom. The Balaban J connectivity index is 2.17. The van der Waals surface area contributed by atoms with Crippen molar-refractivity contribution < 1.29 is 9.47 Å². The molecule has 1 saturated heterocycles. The van der Waals surface area contributed by atoms with Crippen molar-refractivity contribution in [3.63, 3.8) is 0 Å². The number of rotatable bonds is 1. The van der Waals surface area contributed by atoms with E-state index >= 15 is 0 Å². The molecule has 2 rings (SSSR count). The molecule has 3 unspecified atom stereocenters. The number of halogens is 1. The summed E-state index contributed by atoms with van der Waals surface area (Å²) in [4.78, 5) is 0. The lowest BCUT2D eigenvalue weighted by atomic mass is 9.79. The van der Waals surface area contributed by atoms with E-state index in [1.54, 1.807) is 0 Å². The molecule has 1 heterocycles. The van der Waals surface area contributed by atoms with Gasteiger partial charge in [0.1, 0.15) is 0 Å². The molecular weight excluding hydrogens is 236 g/mol. The van der Waals surface area contributed by atoms with Gasteiger partial charge in [0.25, 0.3) is 0 Å². The summed E-state index contributed by atoms with van der Waals surface area (Å²) in [6, 6.07) is 0.